The number of nitrogens with two attached hydrogens (primary N) is 1. The Morgan fingerprint density at radius 1 is 1.00 bits per heavy atom. The third kappa shape index (κ3) is 7.90. The van der Waals surface area contributed by atoms with Crippen molar-refractivity contribution in [2.75, 3.05) is 13.1 Å². The number of hydrogen-bond acceptors (Lipinski definition) is 4. The van der Waals surface area contributed by atoms with Crippen LogP contribution >= 0.6 is 0 Å². The number of rotatable bonds is 8. The second-order valence-electron chi connectivity index (χ2n) is 12.6. The summed E-state index contributed by atoms with van der Waals surface area (Å²) in [7, 11) is 0. The lowest BCUT2D eigenvalue weighted by Crippen LogP contribution is -2.50. The molecular weight excluding hydrogens is 507 g/mol. The molecule has 1 heterocycles. The van der Waals surface area contributed by atoms with E-state index in [9.17, 15) is 18.8 Å². The first-order chi connectivity index (χ1) is 19.0. The number of hydrogen-bond donors (Lipinski definition) is 2. The average molecular weight is 551 g/mol. The second-order valence-corrected chi connectivity index (χ2v) is 12.6. The first-order valence-electron chi connectivity index (χ1n) is 14.5. The number of amides is 3. The fourth-order valence-electron chi connectivity index (χ4n) is 5.79. The Bertz CT molecular complexity index is 1160. The van der Waals surface area contributed by atoms with Crippen LogP contribution in [0.1, 0.15) is 75.2 Å². The van der Waals surface area contributed by atoms with Crippen LogP contribution in [0.4, 0.5) is 4.39 Å². The van der Waals surface area contributed by atoms with Gasteiger partial charge < -0.3 is 20.9 Å². The zero-order valence-corrected chi connectivity index (χ0v) is 23.9. The highest BCUT2D eigenvalue weighted by molar-refractivity contribution is 5.98. The van der Waals surface area contributed by atoms with E-state index in [-0.39, 0.29) is 47.8 Å². The fourth-order valence-corrected chi connectivity index (χ4v) is 5.79. The number of nitrogens with zero attached hydrogens (tertiary/aromatic N) is 2. The van der Waals surface area contributed by atoms with Crippen LogP contribution in [-0.2, 0) is 16.0 Å². The summed E-state index contributed by atoms with van der Waals surface area (Å²) in [4.78, 5) is 44.4. The Labute approximate surface area is 237 Å². The zero-order valence-electron chi connectivity index (χ0n) is 23.9. The molecule has 2 atom stereocenters. The smallest absolute Gasteiger partial charge is 0.254 e. The number of carbonyl (C=O) groups excluding carboxylic acids is 3. The van der Waals surface area contributed by atoms with Crippen LogP contribution in [0.25, 0.3) is 0 Å². The molecule has 1 aliphatic carbocycles. The normalized spacial score (nSPS) is 23.1. The quantitative estimate of drug-likeness (QED) is 0.512. The van der Waals surface area contributed by atoms with Crippen molar-refractivity contribution in [2.24, 2.45) is 11.1 Å². The highest BCUT2D eigenvalue weighted by atomic mass is 19.1. The molecule has 1 saturated carbocycles. The van der Waals surface area contributed by atoms with E-state index >= 15 is 0 Å². The minimum atomic E-state index is -0.722. The molecule has 4 rings (SSSR count). The van der Waals surface area contributed by atoms with Crippen molar-refractivity contribution in [3.05, 3.63) is 71.5 Å². The molecule has 7 nitrogen and oxygen atoms in total. The van der Waals surface area contributed by atoms with Gasteiger partial charge >= 0.3 is 0 Å². The summed E-state index contributed by atoms with van der Waals surface area (Å²) in [6.45, 7) is 6.84. The standard InChI is InChI=1S/C32H43FN4O3/c1-32(2,3)20-29(38)36(18-17-22-7-5-4-6-8-22)27-19-28(30(39)35-26-15-13-25(34)14-16-26)37(21-27)31(40)23-9-11-24(33)12-10-23/h4-12,25-28H,13-21,34H2,1-3H3,(H,35,39). The molecule has 0 spiro atoms. The van der Waals surface area contributed by atoms with Gasteiger partial charge in [0.1, 0.15) is 11.9 Å². The van der Waals surface area contributed by atoms with Crippen molar-refractivity contribution in [2.45, 2.75) is 89.9 Å². The molecular formula is C32H43FN4O3. The Morgan fingerprint density at radius 3 is 2.27 bits per heavy atom. The van der Waals surface area contributed by atoms with Crippen molar-refractivity contribution in [1.82, 2.24) is 15.1 Å². The van der Waals surface area contributed by atoms with E-state index in [1.54, 1.807) is 4.90 Å². The maximum absolute atomic E-state index is 13.7. The largest absolute Gasteiger partial charge is 0.352 e. The summed E-state index contributed by atoms with van der Waals surface area (Å²) < 4.78 is 13.6. The van der Waals surface area contributed by atoms with Crippen molar-refractivity contribution in [1.29, 1.82) is 0 Å². The molecule has 2 aromatic carbocycles. The minimum Gasteiger partial charge on any atom is -0.352 e. The second kappa shape index (κ2) is 12.9. The zero-order chi connectivity index (χ0) is 28.9. The lowest BCUT2D eigenvalue weighted by atomic mass is 9.91. The third-order valence-electron chi connectivity index (χ3n) is 7.98. The first-order valence-corrected chi connectivity index (χ1v) is 14.5. The molecule has 2 aromatic rings. The number of nitrogens with one attached hydrogen (secondary N) is 1. The minimum absolute atomic E-state index is 0.0185. The van der Waals surface area contributed by atoms with Crippen LogP contribution in [0.3, 0.4) is 0 Å². The summed E-state index contributed by atoms with van der Waals surface area (Å²) in [6, 6.07) is 14.5. The van der Waals surface area contributed by atoms with Gasteiger partial charge in [0, 0.05) is 37.2 Å². The van der Waals surface area contributed by atoms with Gasteiger partial charge in [0.2, 0.25) is 11.8 Å². The number of likely N-dealkylation sites (tertiary alicyclic amines) is 1. The molecule has 0 radical (unpaired) electrons. The molecule has 3 amide bonds. The highest BCUT2D eigenvalue weighted by Gasteiger charge is 2.44. The summed E-state index contributed by atoms with van der Waals surface area (Å²) >= 11 is 0. The van der Waals surface area contributed by atoms with Gasteiger partial charge in [0.25, 0.3) is 5.91 Å². The van der Waals surface area contributed by atoms with Crippen LogP contribution in [0, 0.1) is 11.2 Å². The van der Waals surface area contributed by atoms with E-state index in [0.717, 1.165) is 31.2 Å². The molecule has 8 heteroatoms. The molecule has 2 unspecified atom stereocenters. The third-order valence-corrected chi connectivity index (χ3v) is 7.98. The van der Waals surface area contributed by atoms with Gasteiger partial charge in [-0.05, 0) is 73.8 Å². The summed E-state index contributed by atoms with van der Waals surface area (Å²) in [6.07, 6.45) is 4.72. The summed E-state index contributed by atoms with van der Waals surface area (Å²) in [5.74, 6) is -0.949. The molecule has 0 bridgehead atoms. The molecule has 2 aliphatic rings. The predicted molar refractivity (Wildman–Crippen MR) is 154 cm³/mol. The Balaban J connectivity index is 1.58. The Morgan fingerprint density at radius 2 is 1.65 bits per heavy atom. The SMILES string of the molecule is CC(C)(C)CC(=O)N(CCc1ccccc1)C1CC(C(=O)NC2CCC(N)CC2)N(C(=O)c2ccc(F)cc2)C1. The monoisotopic (exact) mass is 550 g/mol. The Kier molecular flexibility index (Phi) is 9.61. The van der Waals surface area contributed by atoms with E-state index in [1.165, 1.54) is 24.3 Å². The van der Waals surface area contributed by atoms with E-state index in [4.69, 9.17) is 5.73 Å². The maximum atomic E-state index is 13.7. The van der Waals surface area contributed by atoms with Crippen LogP contribution in [0.15, 0.2) is 54.6 Å². The summed E-state index contributed by atoms with van der Waals surface area (Å²) in [5, 5.41) is 3.16. The van der Waals surface area contributed by atoms with Crippen LogP contribution in [0.5, 0.6) is 0 Å². The van der Waals surface area contributed by atoms with Crippen molar-refractivity contribution >= 4 is 17.7 Å². The van der Waals surface area contributed by atoms with Crippen LogP contribution in [0.2, 0.25) is 0 Å². The topological polar surface area (TPSA) is 95.7 Å². The molecule has 1 saturated heterocycles. The van der Waals surface area contributed by atoms with E-state index in [1.807, 2.05) is 56.0 Å². The van der Waals surface area contributed by atoms with Gasteiger partial charge in [-0.25, -0.2) is 4.39 Å². The molecule has 1 aliphatic heterocycles. The van der Waals surface area contributed by atoms with Crippen molar-refractivity contribution < 1.29 is 18.8 Å². The van der Waals surface area contributed by atoms with E-state index in [2.05, 4.69) is 5.32 Å². The van der Waals surface area contributed by atoms with Gasteiger partial charge in [0.05, 0.1) is 6.04 Å². The molecule has 2 fully saturated rings. The first kappa shape index (κ1) is 29.7. The van der Waals surface area contributed by atoms with Gasteiger partial charge in [-0.1, -0.05) is 51.1 Å². The van der Waals surface area contributed by atoms with Crippen molar-refractivity contribution in [3.63, 3.8) is 0 Å². The van der Waals surface area contributed by atoms with Gasteiger partial charge in [0.15, 0.2) is 0 Å². The maximum Gasteiger partial charge on any atom is 0.254 e. The predicted octanol–water partition coefficient (Wildman–Crippen LogP) is 4.30. The van der Waals surface area contributed by atoms with E-state index in [0.29, 0.717) is 31.4 Å². The molecule has 40 heavy (non-hydrogen) atoms. The molecule has 0 aromatic heterocycles. The fraction of sp³-hybridized carbons (Fsp3) is 0.531. The van der Waals surface area contributed by atoms with Gasteiger partial charge in [-0.3, -0.25) is 14.4 Å². The average Bonchev–Trinajstić information content (AvgIpc) is 3.35. The number of carbonyl (C=O) groups is 3. The number of halogens is 1. The molecule has 3 N–H and O–H groups in total. The highest BCUT2D eigenvalue weighted by Crippen LogP contribution is 2.29. The van der Waals surface area contributed by atoms with Gasteiger partial charge in [-0.15, -0.1) is 0 Å². The summed E-state index contributed by atoms with van der Waals surface area (Å²) in [5.41, 5.74) is 7.29. The van der Waals surface area contributed by atoms with E-state index < -0.39 is 11.9 Å². The number of benzene rings is 2. The Hall–Kier alpha value is -3.26. The van der Waals surface area contributed by atoms with Crippen LogP contribution < -0.4 is 11.1 Å². The lowest BCUT2D eigenvalue weighted by Gasteiger charge is -2.32. The lowest BCUT2D eigenvalue weighted by molar-refractivity contribution is -0.135. The molecule has 216 valence electrons. The van der Waals surface area contributed by atoms with Crippen molar-refractivity contribution in [3.8, 4) is 0 Å². The van der Waals surface area contributed by atoms with Gasteiger partial charge in [-0.2, -0.15) is 0 Å². The van der Waals surface area contributed by atoms with Crippen LogP contribution in [-0.4, -0.2) is 64.8 Å².